The minimum atomic E-state index is -0.163. The normalized spacial score (nSPS) is 12.5. The molecule has 4 aromatic heterocycles. The Bertz CT molecular complexity index is 7870. The van der Waals surface area contributed by atoms with Crippen molar-refractivity contribution < 1.29 is 0 Å². The lowest BCUT2D eigenvalue weighted by molar-refractivity contribution is 0.660. The van der Waals surface area contributed by atoms with Gasteiger partial charge >= 0.3 is 0 Å². The van der Waals surface area contributed by atoms with Gasteiger partial charge in [-0.15, -0.1) is 0 Å². The molecule has 0 amide bonds. The molecule has 4 heterocycles. The lowest BCUT2D eigenvalue weighted by atomic mass is 9.82. The van der Waals surface area contributed by atoms with Gasteiger partial charge in [-0.25, -0.2) is 49.8 Å². The maximum atomic E-state index is 5.32. The molecule has 10 nitrogen and oxygen atoms in total. The fourth-order valence-corrected chi connectivity index (χ4v) is 18.4. The van der Waals surface area contributed by atoms with E-state index in [1.165, 1.54) is 66.1 Å². The predicted octanol–water partition coefficient (Wildman–Crippen LogP) is 29.2. The first-order valence-corrected chi connectivity index (χ1v) is 43.4. The second kappa shape index (κ2) is 32.6. The highest BCUT2D eigenvalue weighted by atomic mass is 15.0. The molecule has 0 bridgehead atoms. The zero-order chi connectivity index (χ0) is 85.8. The van der Waals surface area contributed by atoms with Crippen molar-refractivity contribution in [3.63, 3.8) is 0 Å². The molecule has 0 saturated heterocycles. The molecule has 23 rings (SSSR count). The number of aromatic nitrogens is 10. The SMILES string of the molecule is CC1(C)c2ccccc2-c2c(-c3nc(-c4ccc(-c5ccccc5)cc4)nc(-c4cccc(-c5cccc(-c6cc(-c7ccc8ccccc8c7)nc(-c7ccccc7)n6)c5)c4)n3)cccc21.CC1(C)c2ccccc2-c2cc(-c3nc(-c4ccccc4)nc(-c4cccc(-c5cccc(-c6cc(-c7ccc8ccccc8c7)nc(-c7ccccc7)n6)c5)c4)n3)ccc21. The summed E-state index contributed by atoms with van der Waals surface area (Å²) in [6, 6.07) is 148. The Morgan fingerprint density at radius 1 is 0.141 bits per heavy atom. The smallest absolute Gasteiger partial charge is 0.164 e. The van der Waals surface area contributed by atoms with Crippen LogP contribution in [0.25, 0.3) is 213 Å². The molecule has 0 radical (unpaired) electrons. The summed E-state index contributed by atoms with van der Waals surface area (Å²) in [5.41, 5.74) is 31.4. The van der Waals surface area contributed by atoms with E-state index in [1.807, 2.05) is 72.8 Å². The lowest BCUT2D eigenvalue weighted by Gasteiger charge is -2.21. The van der Waals surface area contributed by atoms with Crippen LogP contribution in [-0.2, 0) is 10.8 Å². The number of rotatable bonds is 15. The molecule has 0 fully saturated rings. The molecular formula is C118H82N10. The average molecular weight is 1640 g/mol. The summed E-state index contributed by atoms with van der Waals surface area (Å²) in [6.07, 6.45) is 0. The Labute approximate surface area is 743 Å². The van der Waals surface area contributed by atoms with Crippen molar-refractivity contribution >= 4 is 21.5 Å². The molecule has 128 heavy (non-hydrogen) atoms. The number of benzene rings is 17. The van der Waals surface area contributed by atoms with Gasteiger partial charge in [-0.3, -0.25) is 0 Å². The van der Waals surface area contributed by atoms with Crippen molar-refractivity contribution in [2.24, 2.45) is 0 Å². The topological polar surface area (TPSA) is 129 Å². The van der Waals surface area contributed by atoms with Crippen molar-refractivity contribution in [3.05, 3.63) is 447 Å². The van der Waals surface area contributed by atoms with Gasteiger partial charge in [0.1, 0.15) is 0 Å². The van der Waals surface area contributed by atoms with E-state index in [0.29, 0.717) is 46.6 Å². The van der Waals surface area contributed by atoms with Gasteiger partial charge in [-0.1, -0.05) is 398 Å². The average Bonchev–Trinajstić information content (AvgIpc) is 1.58. The summed E-state index contributed by atoms with van der Waals surface area (Å²) in [5, 5.41) is 4.73. The van der Waals surface area contributed by atoms with Crippen LogP contribution in [0.15, 0.2) is 425 Å². The van der Waals surface area contributed by atoms with Crippen molar-refractivity contribution in [3.8, 4) is 192 Å². The molecule has 2 aliphatic carbocycles. The quantitative estimate of drug-likeness (QED) is 0.0978. The predicted molar refractivity (Wildman–Crippen MR) is 523 cm³/mol. The number of fused-ring (bicyclic) bond motifs is 8. The molecule has 17 aromatic carbocycles. The van der Waals surface area contributed by atoms with Crippen molar-refractivity contribution in [2.75, 3.05) is 0 Å². The van der Waals surface area contributed by atoms with Gasteiger partial charge in [0.2, 0.25) is 0 Å². The Hall–Kier alpha value is -16.6. The first-order valence-electron chi connectivity index (χ1n) is 43.4. The Morgan fingerprint density at radius 2 is 0.406 bits per heavy atom. The first-order chi connectivity index (χ1) is 62.9. The van der Waals surface area contributed by atoms with Crippen LogP contribution >= 0.6 is 0 Å². The van der Waals surface area contributed by atoms with Crippen molar-refractivity contribution in [2.45, 2.75) is 38.5 Å². The van der Waals surface area contributed by atoms with E-state index in [1.54, 1.807) is 0 Å². The zero-order valence-corrected chi connectivity index (χ0v) is 70.9. The largest absolute Gasteiger partial charge is 0.228 e. The van der Waals surface area contributed by atoms with Gasteiger partial charge in [0.15, 0.2) is 46.6 Å². The third-order valence-corrected chi connectivity index (χ3v) is 25.1. The number of hydrogen-bond acceptors (Lipinski definition) is 10. The van der Waals surface area contributed by atoms with Crippen LogP contribution in [0.1, 0.15) is 49.9 Å². The Balaban J connectivity index is 0.000000151. The van der Waals surface area contributed by atoms with E-state index in [0.717, 1.165) is 123 Å². The van der Waals surface area contributed by atoms with Crippen LogP contribution in [0.2, 0.25) is 0 Å². The van der Waals surface area contributed by atoms with Crippen molar-refractivity contribution in [1.82, 2.24) is 49.8 Å². The summed E-state index contributed by atoms with van der Waals surface area (Å²) < 4.78 is 0. The number of hydrogen-bond donors (Lipinski definition) is 0. The maximum absolute atomic E-state index is 5.32. The third kappa shape index (κ3) is 14.8. The fourth-order valence-electron chi connectivity index (χ4n) is 18.4. The highest BCUT2D eigenvalue weighted by Crippen LogP contribution is 2.53. The second-order valence-corrected chi connectivity index (χ2v) is 33.9. The van der Waals surface area contributed by atoms with Crippen LogP contribution in [-0.4, -0.2) is 49.8 Å². The summed E-state index contributed by atoms with van der Waals surface area (Å²) in [6.45, 7) is 9.20. The van der Waals surface area contributed by atoms with Gasteiger partial charge in [0, 0.05) is 77.6 Å². The molecule has 0 aliphatic heterocycles. The van der Waals surface area contributed by atoms with Crippen LogP contribution in [0.4, 0.5) is 0 Å². The third-order valence-electron chi connectivity index (χ3n) is 25.1. The van der Waals surface area contributed by atoms with Crippen LogP contribution in [0.3, 0.4) is 0 Å². The molecule has 604 valence electrons. The molecule has 0 spiro atoms. The summed E-state index contributed by atoms with van der Waals surface area (Å²) >= 11 is 0. The highest BCUT2D eigenvalue weighted by Gasteiger charge is 2.38. The fraction of sp³-hybridized carbons (Fsp3) is 0.0508. The van der Waals surface area contributed by atoms with Gasteiger partial charge in [-0.2, -0.15) is 0 Å². The first kappa shape index (κ1) is 77.5. The van der Waals surface area contributed by atoms with Gasteiger partial charge < -0.3 is 0 Å². The second-order valence-electron chi connectivity index (χ2n) is 33.9. The molecule has 2 aliphatic rings. The van der Waals surface area contributed by atoms with Gasteiger partial charge in [-0.05, 0) is 154 Å². The summed E-state index contributed by atoms with van der Waals surface area (Å²) in [5.74, 6) is 5.13. The van der Waals surface area contributed by atoms with Crippen LogP contribution in [0, 0.1) is 0 Å². The zero-order valence-electron chi connectivity index (χ0n) is 70.9. The van der Waals surface area contributed by atoms with E-state index in [4.69, 9.17) is 49.8 Å². The van der Waals surface area contributed by atoms with Crippen LogP contribution < -0.4 is 0 Å². The van der Waals surface area contributed by atoms with Gasteiger partial charge in [0.05, 0.1) is 22.8 Å². The molecule has 0 unspecified atom stereocenters. The van der Waals surface area contributed by atoms with Crippen LogP contribution in [0.5, 0.6) is 0 Å². The van der Waals surface area contributed by atoms with E-state index in [2.05, 4.69) is 380 Å². The molecule has 0 saturated carbocycles. The highest BCUT2D eigenvalue weighted by molar-refractivity contribution is 5.94. The Morgan fingerprint density at radius 3 is 0.875 bits per heavy atom. The molecule has 21 aromatic rings. The monoisotopic (exact) mass is 1640 g/mol. The molecule has 10 heteroatoms. The van der Waals surface area contributed by atoms with E-state index in [9.17, 15) is 0 Å². The standard InChI is InChI=1S/C62H43N5.C56H39N5/c1-62(2)53-28-12-11-26-51(53)57-52(27-15-29-54(57)62)61-66-59(44-33-30-42(31-34-44)40-16-5-3-6-17-40)65-60(67-61)50-25-14-23-47(38-50)46-22-13-24-48(37-46)55-39-56(64-58(63-55)43-19-7-4-8-20-43)49-35-32-41-18-9-10-21-45(41)36-49;1-56(2)48-26-12-11-25-46(48)47-34-45(29-30-49(47)56)55-60-53(38-18-7-4-8-19-38)59-54(61-55)44-24-14-22-41(33-44)40-21-13-23-42(32-40)50-35-51(58-52(57-50)37-16-5-3-6-17-37)43-28-27-36-15-9-10-20-39(36)31-43/h3-39H,1-2H3;3-35H,1-2H3. The van der Waals surface area contributed by atoms with Crippen molar-refractivity contribution in [1.29, 1.82) is 0 Å². The van der Waals surface area contributed by atoms with Gasteiger partial charge in [0.25, 0.3) is 0 Å². The van der Waals surface area contributed by atoms with E-state index < -0.39 is 0 Å². The molecule has 0 N–H and O–H groups in total. The lowest BCUT2D eigenvalue weighted by Crippen LogP contribution is -2.14. The molecule has 0 atom stereocenters. The Kier molecular flexibility index (Phi) is 19.7. The minimum absolute atomic E-state index is 0.0845. The number of nitrogens with zero attached hydrogens (tertiary/aromatic N) is 10. The molecular weight excluding hydrogens is 1560 g/mol. The maximum Gasteiger partial charge on any atom is 0.164 e. The van der Waals surface area contributed by atoms with E-state index >= 15 is 0 Å². The van der Waals surface area contributed by atoms with E-state index in [-0.39, 0.29) is 10.8 Å². The summed E-state index contributed by atoms with van der Waals surface area (Å²) in [7, 11) is 0. The minimum Gasteiger partial charge on any atom is -0.228 e. The summed E-state index contributed by atoms with van der Waals surface area (Å²) in [4.78, 5) is 51.7.